The van der Waals surface area contributed by atoms with Crippen molar-refractivity contribution in [2.75, 3.05) is 6.54 Å². The maximum Gasteiger partial charge on any atom is 0.0119 e. The Morgan fingerprint density at radius 3 is 2.92 bits per heavy atom. The normalized spacial score (nSPS) is 23.2. The van der Waals surface area contributed by atoms with Gasteiger partial charge in [0.25, 0.3) is 0 Å². The molecule has 1 unspecified atom stereocenters. The van der Waals surface area contributed by atoms with Crippen LogP contribution in [0.25, 0.3) is 0 Å². The molecule has 0 saturated carbocycles. The van der Waals surface area contributed by atoms with E-state index in [2.05, 4.69) is 18.0 Å². The Balaban J connectivity index is 0.00000144. The van der Waals surface area contributed by atoms with Gasteiger partial charge in [0, 0.05) is 7.47 Å². The molecule has 68 valence electrons. The zero-order chi connectivity index (χ0) is 8.81. The quantitative estimate of drug-likeness (QED) is 0.631. The molecule has 0 spiro atoms. The highest BCUT2D eigenvalue weighted by molar-refractivity contribution is 5.20. The van der Waals surface area contributed by atoms with Gasteiger partial charge in [0.2, 0.25) is 0 Å². The highest BCUT2D eigenvalue weighted by Gasteiger charge is 2.15. The molecule has 1 heteroatoms. The Hall–Kier alpha value is -0.820. The molecule has 1 nitrogen and oxygen atoms in total. The van der Waals surface area contributed by atoms with E-state index in [1.807, 2.05) is 25.2 Å². The maximum atomic E-state index is 3.99. The standard InChI is InChI=1S/C11H17N.H2/c1-3-4-5-6-10(2)9-11-7-8-12-11;/h3-6,11-12H,2,7-9H2,1H3;1H/b4-3-,6-5-;. The maximum absolute atomic E-state index is 3.99. The van der Waals surface area contributed by atoms with Crippen LogP contribution in [-0.4, -0.2) is 12.6 Å². The van der Waals surface area contributed by atoms with E-state index >= 15 is 0 Å². The Bertz CT molecular complexity index is 202. The van der Waals surface area contributed by atoms with Gasteiger partial charge < -0.3 is 5.32 Å². The summed E-state index contributed by atoms with van der Waals surface area (Å²) >= 11 is 0. The second kappa shape index (κ2) is 4.94. The Morgan fingerprint density at radius 2 is 2.42 bits per heavy atom. The minimum absolute atomic E-state index is 0. The van der Waals surface area contributed by atoms with Gasteiger partial charge in [0.15, 0.2) is 0 Å². The number of nitrogens with one attached hydrogen (secondary N) is 1. The first-order valence-corrected chi connectivity index (χ1v) is 4.53. The fraction of sp³-hybridized carbons (Fsp3) is 0.455. The van der Waals surface area contributed by atoms with E-state index in [-0.39, 0.29) is 1.43 Å². The van der Waals surface area contributed by atoms with Crippen molar-refractivity contribution in [1.29, 1.82) is 0 Å². The Kier molecular flexibility index (Phi) is 3.81. The minimum Gasteiger partial charge on any atom is -0.314 e. The molecular weight excluding hydrogens is 146 g/mol. The average molecular weight is 165 g/mol. The first kappa shape index (κ1) is 9.27. The lowest BCUT2D eigenvalue weighted by Crippen LogP contribution is -2.42. The van der Waals surface area contributed by atoms with E-state index in [1.54, 1.807) is 0 Å². The van der Waals surface area contributed by atoms with Crippen LogP contribution < -0.4 is 5.32 Å². The molecule has 0 amide bonds. The van der Waals surface area contributed by atoms with Crippen molar-refractivity contribution in [1.82, 2.24) is 5.32 Å². The SMILES string of the molecule is C=C(/C=C\C=C/C)CC1CCN1.[HH]. The fourth-order valence-corrected chi connectivity index (χ4v) is 1.21. The number of allylic oxidation sites excluding steroid dienone is 4. The van der Waals surface area contributed by atoms with Crippen LogP contribution in [0.2, 0.25) is 0 Å². The monoisotopic (exact) mass is 165 g/mol. The molecule has 1 heterocycles. The van der Waals surface area contributed by atoms with Gasteiger partial charge in [-0.1, -0.05) is 36.5 Å². The van der Waals surface area contributed by atoms with E-state index in [0.717, 1.165) is 6.42 Å². The summed E-state index contributed by atoms with van der Waals surface area (Å²) in [6.45, 7) is 7.18. The molecule has 1 fully saturated rings. The molecule has 0 aromatic heterocycles. The molecule has 0 aromatic carbocycles. The smallest absolute Gasteiger partial charge is 0.0119 e. The van der Waals surface area contributed by atoms with Crippen LogP contribution in [0.3, 0.4) is 0 Å². The summed E-state index contributed by atoms with van der Waals surface area (Å²) in [6.07, 6.45) is 10.6. The van der Waals surface area contributed by atoms with Crippen molar-refractivity contribution in [2.24, 2.45) is 0 Å². The molecule has 1 aliphatic rings. The molecule has 0 radical (unpaired) electrons. The van der Waals surface area contributed by atoms with Gasteiger partial charge in [-0.25, -0.2) is 0 Å². The molecule has 12 heavy (non-hydrogen) atoms. The Morgan fingerprint density at radius 1 is 1.67 bits per heavy atom. The minimum atomic E-state index is 0. The van der Waals surface area contributed by atoms with E-state index in [4.69, 9.17) is 0 Å². The number of hydrogen-bond acceptors (Lipinski definition) is 1. The molecular formula is C11H19N. The lowest BCUT2D eigenvalue weighted by Gasteiger charge is -2.27. The van der Waals surface area contributed by atoms with Crippen LogP contribution in [0.1, 0.15) is 21.2 Å². The Labute approximate surface area is 76.3 Å². The van der Waals surface area contributed by atoms with Crippen molar-refractivity contribution in [3.8, 4) is 0 Å². The summed E-state index contributed by atoms with van der Waals surface area (Å²) in [6, 6.07) is 0.688. The first-order valence-electron chi connectivity index (χ1n) is 4.53. The van der Waals surface area contributed by atoms with Crippen LogP contribution in [0, 0.1) is 0 Å². The number of hydrogen-bond donors (Lipinski definition) is 1. The third-order valence-corrected chi connectivity index (χ3v) is 2.07. The van der Waals surface area contributed by atoms with E-state index in [9.17, 15) is 0 Å². The zero-order valence-corrected chi connectivity index (χ0v) is 7.72. The van der Waals surface area contributed by atoms with Gasteiger partial charge in [0.1, 0.15) is 0 Å². The highest BCUT2D eigenvalue weighted by Crippen LogP contribution is 2.12. The zero-order valence-electron chi connectivity index (χ0n) is 7.72. The number of rotatable bonds is 4. The van der Waals surface area contributed by atoms with Crippen molar-refractivity contribution in [3.05, 3.63) is 36.5 Å². The summed E-state index contributed by atoms with van der Waals surface area (Å²) in [4.78, 5) is 0. The van der Waals surface area contributed by atoms with Gasteiger partial charge in [-0.15, -0.1) is 0 Å². The van der Waals surface area contributed by atoms with Crippen LogP contribution >= 0.6 is 0 Å². The summed E-state index contributed by atoms with van der Waals surface area (Å²) < 4.78 is 0. The summed E-state index contributed by atoms with van der Waals surface area (Å²) in [5, 5.41) is 3.35. The largest absolute Gasteiger partial charge is 0.314 e. The van der Waals surface area contributed by atoms with Gasteiger partial charge in [0.05, 0.1) is 0 Å². The predicted octanol–water partition coefficient (Wildman–Crippen LogP) is 2.67. The van der Waals surface area contributed by atoms with Gasteiger partial charge in [-0.3, -0.25) is 0 Å². The molecule has 1 N–H and O–H groups in total. The summed E-state index contributed by atoms with van der Waals surface area (Å²) in [7, 11) is 0. The summed E-state index contributed by atoms with van der Waals surface area (Å²) in [5.74, 6) is 0. The van der Waals surface area contributed by atoms with E-state index < -0.39 is 0 Å². The molecule has 1 rings (SSSR count). The van der Waals surface area contributed by atoms with Crippen molar-refractivity contribution >= 4 is 0 Å². The predicted molar refractivity (Wildman–Crippen MR) is 56.2 cm³/mol. The van der Waals surface area contributed by atoms with Gasteiger partial charge in [-0.05, 0) is 26.3 Å². The molecule has 1 aliphatic heterocycles. The molecule has 0 aliphatic carbocycles. The molecule has 0 aromatic rings. The second-order valence-corrected chi connectivity index (χ2v) is 3.19. The van der Waals surface area contributed by atoms with Crippen LogP contribution in [0.15, 0.2) is 36.5 Å². The second-order valence-electron chi connectivity index (χ2n) is 3.19. The van der Waals surface area contributed by atoms with Crippen molar-refractivity contribution in [3.63, 3.8) is 0 Å². The fourth-order valence-electron chi connectivity index (χ4n) is 1.21. The van der Waals surface area contributed by atoms with Gasteiger partial charge >= 0.3 is 0 Å². The lowest BCUT2D eigenvalue weighted by atomic mass is 9.99. The lowest BCUT2D eigenvalue weighted by molar-refractivity contribution is 0.370. The van der Waals surface area contributed by atoms with Crippen molar-refractivity contribution < 1.29 is 1.43 Å². The van der Waals surface area contributed by atoms with E-state index in [1.165, 1.54) is 18.5 Å². The molecule has 0 bridgehead atoms. The average Bonchev–Trinajstić information content (AvgIpc) is 1.98. The first-order chi connectivity index (χ1) is 5.83. The van der Waals surface area contributed by atoms with Crippen LogP contribution in [0.4, 0.5) is 0 Å². The van der Waals surface area contributed by atoms with E-state index in [0.29, 0.717) is 6.04 Å². The molecule has 1 atom stereocenters. The third-order valence-electron chi connectivity index (χ3n) is 2.07. The van der Waals surface area contributed by atoms with Crippen molar-refractivity contribution in [2.45, 2.75) is 25.8 Å². The van der Waals surface area contributed by atoms with Gasteiger partial charge in [-0.2, -0.15) is 0 Å². The summed E-state index contributed by atoms with van der Waals surface area (Å²) in [5.41, 5.74) is 1.21. The topological polar surface area (TPSA) is 12.0 Å². The van der Waals surface area contributed by atoms with Crippen LogP contribution in [-0.2, 0) is 0 Å². The highest BCUT2D eigenvalue weighted by atomic mass is 15.0. The third kappa shape index (κ3) is 3.05. The van der Waals surface area contributed by atoms with Crippen LogP contribution in [0.5, 0.6) is 0 Å². The molecule has 1 saturated heterocycles.